The van der Waals surface area contributed by atoms with Crippen LogP contribution in [0.1, 0.15) is 5.56 Å². The molecule has 0 spiro atoms. The number of aromatic nitrogens is 3. The van der Waals surface area contributed by atoms with Crippen molar-refractivity contribution in [2.24, 2.45) is 0 Å². The maximum Gasteiger partial charge on any atom is 0.230 e. The van der Waals surface area contributed by atoms with Crippen LogP contribution in [0.3, 0.4) is 0 Å². The topological polar surface area (TPSA) is 79.9 Å². The average Bonchev–Trinajstić information content (AvgIpc) is 3.17. The highest BCUT2D eigenvalue weighted by atomic mass is 35.5. The van der Waals surface area contributed by atoms with E-state index in [1.54, 1.807) is 7.11 Å². The maximum absolute atomic E-state index is 12.0. The number of rotatable bonds is 8. The lowest BCUT2D eigenvalue weighted by molar-refractivity contribution is -0.118. The molecule has 0 aliphatic heterocycles. The molecule has 0 atom stereocenters. The van der Waals surface area contributed by atoms with Crippen LogP contribution in [0.5, 0.6) is 5.75 Å². The van der Waals surface area contributed by atoms with Crippen LogP contribution in [-0.4, -0.2) is 40.5 Å². The van der Waals surface area contributed by atoms with E-state index in [1.165, 1.54) is 11.8 Å². The zero-order chi connectivity index (χ0) is 19.1. The summed E-state index contributed by atoms with van der Waals surface area (Å²) in [5.41, 5.74) is 2.04. The van der Waals surface area contributed by atoms with E-state index >= 15 is 0 Å². The predicted octanol–water partition coefficient (Wildman–Crippen LogP) is 3.58. The lowest BCUT2D eigenvalue weighted by atomic mass is 10.1. The zero-order valence-electron chi connectivity index (χ0n) is 14.7. The Morgan fingerprint density at radius 3 is 2.63 bits per heavy atom. The smallest absolute Gasteiger partial charge is 0.230 e. The first-order valence-electron chi connectivity index (χ1n) is 8.35. The number of hydrogen-bond donors (Lipinski definition) is 2. The molecule has 1 aromatic heterocycles. The van der Waals surface area contributed by atoms with E-state index in [1.807, 2.05) is 48.5 Å². The highest BCUT2D eigenvalue weighted by Gasteiger charge is 2.09. The van der Waals surface area contributed by atoms with E-state index in [0.29, 0.717) is 22.5 Å². The number of benzene rings is 2. The Kier molecular flexibility index (Phi) is 6.73. The number of hydrogen-bond acceptors (Lipinski definition) is 5. The van der Waals surface area contributed by atoms with Crippen molar-refractivity contribution < 1.29 is 9.53 Å². The molecule has 0 aliphatic rings. The number of nitrogens with zero attached hydrogens (tertiary/aromatic N) is 2. The third kappa shape index (κ3) is 5.74. The van der Waals surface area contributed by atoms with Crippen molar-refractivity contribution in [3.05, 3.63) is 59.1 Å². The van der Waals surface area contributed by atoms with Gasteiger partial charge in [-0.1, -0.05) is 35.5 Å². The molecule has 3 aromatic rings. The van der Waals surface area contributed by atoms with Gasteiger partial charge in [0.2, 0.25) is 11.1 Å². The van der Waals surface area contributed by atoms with Crippen LogP contribution in [-0.2, 0) is 11.2 Å². The van der Waals surface area contributed by atoms with E-state index in [0.717, 1.165) is 23.3 Å². The molecule has 0 saturated heterocycles. The lowest BCUT2D eigenvalue weighted by Crippen LogP contribution is -2.27. The average molecular weight is 403 g/mol. The van der Waals surface area contributed by atoms with Crippen LogP contribution in [0.15, 0.2) is 53.7 Å². The summed E-state index contributed by atoms with van der Waals surface area (Å²) >= 11 is 7.15. The van der Waals surface area contributed by atoms with Crippen LogP contribution in [0.2, 0.25) is 5.02 Å². The number of nitrogens with one attached hydrogen (secondary N) is 2. The molecule has 3 rings (SSSR count). The number of methoxy groups -OCH3 is 1. The van der Waals surface area contributed by atoms with Crippen LogP contribution >= 0.6 is 23.4 Å². The number of H-pyrrole nitrogens is 1. The van der Waals surface area contributed by atoms with Crippen molar-refractivity contribution in [2.75, 3.05) is 19.4 Å². The molecule has 0 fully saturated rings. The molecule has 2 N–H and O–H groups in total. The second-order valence-corrected chi connectivity index (χ2v) is 7.09. The Bertz CT molecular complexity index is 881. The summed E-state index contributed by atoms with van der Waals surface area (Å²) in [6.07, 6.45) is 0.760. The van der Waals surface area contributed by atoms with Crippen LogP contribution < -0.4 is 10.1 Å². The normalized spacial score (nSPS) is 10.6. The largest absolute Gasteiger partial charge is 0.497 e. The van der Waals surface area contributed by atoms with Crippen LogP contribution in [0, 0.1) is 0 Å². The number of carbonyl (C=O) groups is 1. The quantitative estimate of drug-likeness (QED) is 0.563. The minimum absolute atomic E-state index is 0.0511. The Hall–Kier alpha value is -2.51. The molecule has 140 valence electrons. The number of aromatic amines is 1. The molecule has 0 aliphatic carbocycles. The number of carbonyl (C=O) groups excluding carboxylic acids is 1. The molecule has 0 saturated carbocycles. The molecule has 0 radical (unpaired) electrons. The second kappa shape index (κ2) is 9.43. The lowest BCUT2D eigenvalue weighted by Gasteiger charge is -2.04. The van der Waals surface area contributed by atoms with Gasteiger partial charge in [0.05, 0.1) is 12.9 Å². The van der Waals surface area contributed by atoms with Crippen molar-refractivity contribution in [3.63, 3.8) is 0 Å². The van der Waals surface area contributed by atoms with Crippen LogP contribution in [0.25, 0.3) is 11.4 Å². The summed E-state index contributed by atoms with van der Waals surface area (Å²) in [6.45, 7) is 0.576. The van der Waals surface area contributed by atoms with Gasteiger partial charge < -0.3 is 10.1 Å². The van der Waals surface area contributed by atoms with Gasteiger partial charge in [0.15, 0.2) is 5.82 Å². The van der Waals surface area contributed by atoms with Gasteiger partial charge in [-0.05, 0) is 48.4 Å². The first kappa shape index (κ1) is 19.3. The zero-order valence-corrected chi connectivity index (χ0v) is 16.3. The fourth-order valence-electron chi connectivity index (χ4n) is 2.37. The standard InChI is InChI=1S/C19H19ClN4O2S/c1-26-16-8-4-14(5-9-16)18-22-19(24-23-18)27-12-17(25)21-11-10-13-2-6-15(20)7-3-13/h2-9H,10-12H2,1H3,(H,21,25)(H,22,23,24). The number of ether oxygens (including phenoxy) is 1. The van der Waals surface area contributed by atoms with Gasteiger partial charge in [0.25, 0.3) is 0 Å². The Morgan fingerprint density at radius 2 is 1.93 bits per heavy atom. The molecule has 2 aromatic carbocycles. The second-order valence-electron chi connectivity index (χ2n) is 5.71. The van der Waals surface area contributed by atoms with Gasteiger partial charge in [-0.15, -0.1) is 5.10 Å². The van der Waals surface area contributed by atoms with Crippen LogP contribution in [0.4, 0.5) is 0 Å². The van der Waals surface area contributed by atoms with Crippen molar-refractivity contribution >= 4 is 29.3 Å². The minimum atomic E-state index is -0.0511. The van der Waals surface area contributed by atoms with Crippen molar-refractivity contribution in [1.82, 2.24) is 20.5 Å². The summed E-state index contributed by atoms with van der Waals surface area (Å²) in [4.78, 5) is 16.4. The summed E-state index contributed by atoms with van der Waals surface area (Å²) in [5.74, 6) is 1.65. The van der Waals surface area contributed by atoms with E-state index < -0.39 is 0 Å². The summed E-state index contributed by atoms with van der Waals surface area (Å²) < 4.78 is 5.14. The molecule has 27 heavy (non-hydrogen) atoms. The fraction of sp³-hybridized carbons (Fsp3) is 0.211. The first-order valence-corrected chi connectivity index (χ1v) is 9.71. The molecule has 0 bridgehead atoms. The summed E-state index contributed by atoms with van der Waals surface area (Å²) in [6, 6.07) is 15.1. The highest BCUT2D eigenvalue weighted by molar-refractivity contribution is 7.99. The fourth-order valence-corrected chi connectivity index (χ4v) is 3.12. The van der Waals surface area contributed by atoms with Crippen molar-refractivity contribution in [2.45, 2.75) is 11.6 Å². The van der Waals surface area contributed by atoms with Gasteiger partial charge in [-0.3, -0.25) is 9.89 Å². The van der Waals surface area contributed by atoms with Gasteiger partial charge >= 0.3 is 0 Å². The van der Waals surface area contributed by atoms with E-state index in [9.17, 15) is 4.79 Å². The molecular formula is C19H19ClN4O2S. The molecule has 1 heterocycles. The molecule has 8 heteroatoms. The monoisotopic (exact) mass is 402 g/mol. The molecule has 6 nitrogen and oxygen atoms in total. The number of amides is 1. The maximum atomic E-state index is 12.0. The van der Waals surface area contributed by atoms with E-state index in [-0.39, 0.29) is 11.7 Å². The molecule has 0 unspecified atom stereocenters. The van der Waals surface area contributed by atoms with Gasteiger partial charge in [0.1, 0.15) is 5.75 Å². The third-order valence-electron chi connectivity index (χ3n) is 3.81. The van der Waals surface area contributed by atoms with Crippen molar-refractivity contribution in [1.29, 1.82) is 0 Å². The third-order valence-corrected chi connectivity index (χ3v) is 4.91. The Labute approximate surface area is 166 Å². The van der Waals surface area contributed by atoms with Crippen molar-refractivity contribution in [3.8, 4) is 17.1 Å². The summed E-state index contributed by atoms with van der Waals surface area (Å²) in [7, 11) is 1.62. The highest BCUT2D eigenvalue weighted by Crippen LogP contribution is 2.21. The SMILES string of the molecule is COc1ccc(-c2nc(SCC(=O)NCCc3ccc(Cl)cc3)n[nH]2)cc1. The Balaban J connectivity index is 1.43. The number of halogens is 1. The van der Waals surface area contributed by atoms with E-state index in [2.05, 4.69) is 20.5 Å². The summed E-state index contributed by atoms with van der Waals surface area (Å²) in [5, 5.41) is 11.2. The number of thioether (sulfide) groups is 1. The molecular weight excluding hydrogens is 384 g/mol. The van der Waals surface area contributed by atoms with Gasteiger partial charge in [-0.2, -0.15) is 0 Å². The first-order chi connectivity index (χ1) is 13.1. The minimum Gasteiger partial charge on any atom is -0.497 e. The molecule has 1 amide bonds. The van der Waals surface area contributed by atoms with E-state index in [4.69, 9.17) is 16.3 Å². The van der Waals surface area contributed by atoms with Gasteiger partial charge in [-0.25, -0.2) is 4.98 Å². The predicted molar refractivity (Wildman–Crippen MR) is 107 cm³/mol. The van der Waals surface area contributed by atoms with Gasteiger partial charge in [0, 0.05) is 17.1 Å². The Morgan fingerprint density at radius 1 is 1.19 bits per heavy atom.